The number of nitrogens with zero attached hydrogens (tertiary/aromatic N) is 1. The Balaban J connectivity index is 2.53. The molecule has 0 spiro atoms. The zero-order chi connectivity index (χ0) is 10.4. The Labute approximate surface area is 95.2 Å². The summed E-state index contributed by atoms with van der Waals surface area (Å²) >= 11 is 3.47. The van der Waals surface area contributed by atoms with Gasteiger partial charge in [-0.3, -0.25) is 4.90 Å². The van der Waals surface area contributed by atoms with Gasteiger partial charge in [-0.25, -0.2) is 0 Å². The summed E-state index contributed by atoms with van der Waals surface area (Å²) in [6, 6.07) is 8.78. The molecule has 1 aromatic carbocycles. The summed E-state index contributed by atoms with van der Waals surface area (Å²) in [5, 5.41) is 1.05. The van der Waals surface area contributed by atoms with Gasteiger partial charge in [0.1, 0.15) is 0 Å². The molecule has 1 nitrogen and oxygen atoms in total. The molecule has 0 bridgehead atoms. The first-order valence-electron chi connectivity index (χ1n) is 5.10. The molecule has 1 rings (SSSR count). The first-order chi connectivity index (χ1) is 6.76. The number of benzene rings is 1. The van der Waals surface area contributed by atoms with E-state index in [4.69, 9.17) is 0 Å². The van der Waals surface area contributed by atoms with Crippen LogP contribution in [0.1, 0.15) is 18.1 Å². The van der Waals surface area contributed by atoms with Gasteiger partial charge in [-0.15, -0.1) is 0 Å². The molecule has 0 heterocycles. The van der Waals surface area contributed by atoms with Crippen molar-refractivity contribution in [3.8, 4) is 0 Å². The number of halogens is 1. The van der Waals surface area contributed by atoms with E-state index in [2.05, 4.69) is 58.9 Å². The molecule has 14 heavy (non-hydrogen) atoms. The molecule has 0 atom stereocenters. The maximum absolute atomic E-state index is 3.47. The monoisotopic (exact) mass is 255 g/mol. The molecule has 0 aliphatic rings. The van der Waals surface area contributed by atoms with Crippen LogP contribution in [-0.4, -0.2) is 23.3 Å². The molecule has 0 aromatic heterocycles. The van der Waals surface area contributed by atoms with Gasteiger partial charge >= 0.3 is 0 Å². The summed E-state index contributed by atoms with van der Waals surface area (Å²) in [6.45, 7) is 7.61. The van der Waals surface area contributed by atoms with Crippen LogP contribution in [-0.2, 0) is 6.54 Å². The highest BCUT2D eigenvalue weighted by molar-refractivity contribution is 9.09. The second-order valence-electron chi connectivity index (χ2n) is 3.54. The van der Waals surface area contributed by atoms with Gasteiger partial charge in [0.25, 0.3) is 0 Å². The quantitative estimate of drug-likeness (QED) is 0.731. The molecule has 0 unspecified atom stereocenters. The van der Waals surface area contributed by atoms with E-state index in [1.807, 2.05) is 0 Å². The van der Waals surface area contributed by atoms with Gasteiger partial charge in [0.15, 0.2) is 0 Å². The van der Waals surface area contributed by atoms with Gasteiger partial charge in [0, 0.05) is 18.4 Å². The van der Waals surface area contributed by atoms with Crippen molar-refractivity contribution in [3.63, 3.8) is 0 Å². The van der Waals surface area contributed by atoms with Crippen LogP contribution in [0.3, 0.4) is 0 Å². The first-order valence-corrected chi connectivity index (χ1v) is 6.22. The van der Waals surface area contributed by atoms with Crippen LogP contribution in [0, 0.1) is 6.92 Å². The van der Waals surface area contributed by atoms with Crippen molar-refractivity contribution >= 4 is 15.9 Å². The molecule has 0 aliphatic heterocycles. The van der Waals surface area contributed by atoms with Crippen molar-refractivity contribution in [1.82, 2.24) is 4.90 Å². The summed E-state index contributed by atoms with van der Waals surface area (Å²) in [6.07, 6.45) is 0. The van der Waals surface area contributed by atoms with Crippen LogP contribution in [0.5, 0.6) is 0 Å². The van der Waals surface area contributed by atoms with Gasteiger partial charge in [-0.2, -0.15) is 0 Å². The Morgan fingerprint density at radius 1 is 1.21 bits per heavy atom. The van der Waals surface area contributed by atoms with E-state index in [0.717, 1.165) is 25.0 Å². The maximum atomic E-state index is 3.47. The molecule has 0 radical (unpaired) electrons. The van der Waals surface area contributed by atoms with Crippen LogP contribution < -0.4 is 0 Å². The number of hydrogen-bond acceptors (Lipinski definition) is 1. The molecule has 78 valence electrons. The van der Waals surface area contributed by atoms with E-state index in [1.54, 1.807) is 0 Å². The van der Waals surface area contributed by atoms with Crippen LogP contribution >= 0.6 is 15.9 Å². The van der Waals surface area contributed by atoms with Gasteiger partial charge in [0.05, 0.1) is 0 Å². The van der Waals surface area contributed by atoms with Gasteiger partial charge in [-0.1, -0.05) is 52.7 Å². The van der Waals surface area contributed by atoms with Crippen molar-refractivity contribution in [2.75, 3.05) is 18.4 Å². The minimum absolute atomic E-state index is 1.05. The van der Waals surface area contributed by atoms with E-state index in [-0.39, 0.29) is 0 Å². The fraction of sp³-hybridized carbons (Fsp3) is 0.500. The van der Waals surface area contributed by atoms with E-state index < -0.39 is 0 Å². The van der Waals surface area contributed by atoms with Gasteiger partial charge in [0.2, 0.25) is 0 Å². The lowest BCUT2D eigenvalue weighted by Gasteiger charge is -2.19. The standard InChI is InChI=1S/C12H18BrN/c1-3-14(9-8-13)10-12-6-4-11(2)5-7-12/h4-7H,3,8-10H2,1-2H3. The van der Waals surface area contributed by atoms with E-state index >= 15 is 0 Å². The van der Waals surface area contributed by atoms with Crippen molar-refractivity contribution in [3.05, 3.63) is 35.4 Å². The topological polar surface area (TPSA) is 3.24 Å². The van der Waals surface area contributed by atoms with E-state index in [9.17, 15) is 0 Å². The minimum atomic E-state index is 1.05. The van der Waals surface area contributed by atoms with Crippen LogP contribution in [0.25, 0.3) is 0 Å². The maximum Gasteiger partial charge on any atom is 0.0233 e. The molecule has 1 aromatic rings. The second kappa shape index (κ2) is 6.20. The molecular formula is C12H18BrN. The predicted octanol–water partition coefficient (Wildman–Crippen LogP) is 3.21. The predicted molar refractivity (Wildman–Crippen MR) is 65.9 cm³/mol. The fourth-order valence-corrected chi connectivity index (χ4v) is 1.92. The SMILES string of the molecule is CCN(CCBr)Cc1ccc(C)cc1. The highest BCUT2D eigenvalue weighted by Crippen LogP contribution is 2.06. The zero-order valence-electron chi connectivity index (χ0n) is 8.96. The Morgan fingerprint density at radius 2 is 1.86 bits per heavy atom. The van der Waals surface area contributed by atoms with Gasteiger partial charge in [-0.05, 0) is 19.0 Å². The molecule has 0 N–H and O–H groups in total. The highest BCUT2D eigenvalue weighted by atomic mass is 79.9. The summed E-state index contributed by atoms with van der Waals surface area (Å²) in [4.78, 5) is 2.43. The summed E-state index contributed by atoms with van der Waals surface area (Å²) in [7, 11) is 0. The number of aryl methyl sites for hydroxylation is 1. The normalized spacial score (nSPS) is 10.9. The average molecular weight is 256 g/mol. The summed E-state index contributed by atoms with van der Waals surface area (Å²) < 4.78 is 0. The third kappa shape index (κ3) is 3.81. The summed E-state index contributed by atoms with van der Waals surface area (Å²) in [5.41, 5.74) is 2.73. The molecule has 0 saturated carbocycles. The van der Waals surface area contributed by atoms with Crippen LogP contribution in [0.4, 0.5) is 0 Å². The average Bonchev–Trinajstić information content (AvgIpc) is 2.20. The number of alkyl halides is 1. The molecular weight excluding hydrogens is 238 g/mol. The van der Waals surface area contributed by atoms with Crippen molar-refractivity contribution in [2.24, 2.45) is 0 Å². The molecule has 0 saturated heterocycles. The molecule has 0 aliphatic carbocycles. The summed E-state index contributed by atoms with van der Waals surface area (Å²) in [5.74, 6) is 0. The number of rotatable bonds is 5. The molecule has 0 fully saturated rings. The number of hydrogen-bond donors (Lipinski definition) is 0. The molecule has 0 amide bonds. The van der Waals surface area contributed by atoms with E-state index in [1.165, 1.54) is 11.1 Å². The van der Waals surface area contributed by atoms with Crippen LogP contribution in [0.2, 0.25) is 0 Å². The fourth-order valence-electron chi connectivity index (χ4n) is 1.42. The Morgan fingerprint density at radius 3 is 2.36 bits per heavy atom. The Hall–Kier alpha value is -0.340. The lowest BCUT2D eigenvalue weighted by atomic mass is 10.1. The lowest BCUT2D eigenvalue weighted by molar-refractivity contribution is 0.299. The first kappa shape index (κ1) is 11.7. The largest absolute Gasteiger partial charge is 0.299 e. The molecule has 2 heteroatoms. The lowest BCUT2D eigenvalue weighted by Crippen LogP contribution is -2.24. The minimum Gasteiger partial charge on any atom is -0.299 e. The Bertz CT molecular complexity index is 256. The smallest absolute Gasteiger partial charge is 0.0233 e. The third-order valence-corrected chi connectivity index (χ3v) is 2.73. The van der Waals surface area contributed by atoms with E-state index in [0.29, 0.717) is 0 Å². The van der Waals surface area contributed by atoms with Crippen molar-refractivity contribution < 1.29 is 0 Å². The third-order valence-electron chi connectivity index (χ3n) is 2.37. The highest BCUT2D eigenvalue weighted by Gasteiger charge is 2.01. The van der Waals surface area contributed by atoms with Crippen molar-refractivity contribution in [1.29, 1.82) is 0 Å². The zero-order valence-corrected chi connectivity index (χ0v) is 10.5. The second-order valence-corrected chi connectivity index (χ2v) is 4.34. The van der Waals surface area contributed by atoms with Gasteiger partial charge < -0.3 is 0 Å². The van der Waals surface area contributed by atoms with Crippen LogP contribution in [0.15, 0.2) is 24.3 Å². The van der Waals surface area contributed by atoms with Crippen molar-refractivity contribution in [2.45, 2.75) is 20.4 Å². The Kier molecular flexibility index (Phi) is 5.20.